The van der Waals surface area contributed by atoms with Crippen molar-refractivity contribution in [1.29, 1.82) is 0 Å². The van der Waals surface area contributed by atoms with Crippen molar-refractivity contribution in [3.05, 3.63) is 103 Å². The summed E-state index contributed by atoms with van der Waals surface area (Å²) in [5.74, 6) is 0.314. The van der Waals surface area contributed by atoms with E-state index in [2.05, 4.69) is 12.7 Å². The fourth-order valence-electron chi connectivity index (χ4n) is 6.84. The molecule has 0 aliphatic heterocycles. The van der Waals surface area contributed by atoms with Crippen molar-refractivity contribution in [3.8, 4) is 28.0 Å². The number of halogens is 3. The van der Waals surface area contributed by atoms with Gasteiger partial charge in [0.25, 0.3) is 0 Å². The minimum absolute atomic E-state index is 0.144. The maximum absolute atomic E-state index is 15.3. The third-order valence-electron chi connectivity index (χ3n) is 9.35. The minimum atomic E-state index is -1.01. The molecule has 2 aliphatic rings. The van der Waals surface area contributed by atoms with Gasteiger partial charge in [-0.05, 0) is 128 Å². The van der Waals surface area contributed by atoms with E-state index in [4.69, 9.17) is 4.74 Å². The van der Waals surface area contributed by atoms with Gasteiger partial charge in [0, 0.05) is 5.56 Å². The average Bonchev–Trinajstić information content (AvgIpc) is 3.01. The van der Waals surface area contributed by atoms with Gasteiger partial charge in [-0.15, -0.1) is 6.58 Å². The summed E-state index contributed by atoms with van der Waals surface area (Å²) in [4.78, 5) is 0. The summed E-state index contributed by atoms with van der Waals surface area (Å²) >= 11 is 0. The number of hydrogen-bond donors (Lipinski definition) is 0. The molecular weight excluding hydrogens is 517 g/mol. The molecule has 2 aliphatic carbocycles. The Labute approximate surface area is 243 Å². The molecule has 0 radical (unpaired) electrons. The van der Waals surface area contributed by atoms with Crippen LogP contribution in [0.15, 0.2) is 79.6 Å². The first-order chi connectivity index (χ1) is 20.0. The normalized spacial score (nSPS) is 23.0. The van der Waals surface area contributed by atoms with Gasteiger partial charge in [0.15, 0.2) is 11.6 Å². The lowest BCUT2D eigenvalue weighted by molar-refractivity contribution is 0.171. The molecule has 0 bridgehead atoms. The summed E-state index contributed by atoms with van der Waals surface area (Å²) in [6.07, 6.45) is 16.7. The van der Waals surface area contributed by atoms with E-state index in [1.165, 1.54) is 56.9 Å². The molecule has 216 valence electrons. The molecule has 0 unspecified atom stereocenters. The van der Waals surface area contributed by atoms with E-state index in [9.17, 15) is 8.78 Å². The summed E-state index contributed by atoms with van der Waals surface area (Å²) in [6, 6.07) is 15.6. The summed E-state index contributed by atoms with van der Waals surface area (Å²) in [7, 11) is 0. The van der Waals surface area contributed by atoms with Gasteiger partial charge >= 0.3 is 0 Å². The third-order valence-corrected chi connectivity index (χ3v) is 9.35. The van der Waals surface area contributed by atoms with Crippen molar-refractivity contribution in [1.82, 2.24) is 0 Å². The van der Waals surface area contributed by atoms with Crippen molar-refractivity contribution in [2.45, 2.75) is 77.0 Å². The maximum atomic E-state index is 15.3. The van der Waals surface area contributed by atoms with Crippen LogP contribution in [0.25, 0.3) is 22.3 Å². The standard InChI is InChI=1S/C37H41F3O/c1-3-5-6-23-41-35-22-21-33(36(39)37(35)40)30-17-13-28(14-18-30)31-19-20-32(34(38)24-31)29-15-11-27(12-16-29)26-9-7-25(4-2)8-10-26/h4,6,13-14,17-27,29H,2-3,5,7-12,15-16H2,1H3/b23-6-. The van der Waals surface area contributed by atoms with Crippen LogP contribution in [0.3, 0.4) is 0 Å². The zero-order valence-corrected chi connectivity index (χ0v) is 24.1. The molecule has 1 nitrogen and oxygen atoms in total. The Morgan fingerprint density at radius 1 is 0.756 bits per heavy atom. The zero-order chi connectivity index (χ0) is 28.8. The monoisotopic (exact) mass is 558 g/mol. The fraction of sp³-hybridized carbons (Fsp3) is 0.405. The molecule has 5 rings (SSSR count). The van der Waals surface area contributed by atoms with Crippen molar-refractivity contribution < 1.29 is 17.9 Å². The Hall–Kier alpha value is -3.27. The molecule has 0 heterocycles. The lowest BCUT2D eigenvalue weighted by Gasteiger charge is -2.37. The smallest absolute Gasteiger partial charge is 0.201 e. The second kappa shape index (κ2) is 13.6. The number of allylic oxidation sites excluding steroid dienone is 2. The third kappa shape index (κ3) is 6.80. The van der Waals surface area contributed by atoms with Crippen LogP contribution in [-0.2, 0) is 0 Å². The molecule has 3 aromatic carbocycles. The number of hydrogen-bond acceptors (Lipinski definition) is 1. The Kier molecular flexibility index (Phi) is 9.69. The predicted molar refractivity (Wildman–Crippen MR) is 162 cm³/mol. The zero-order valence-electron chi connectivity index (χ0n) is 24.1. The van der Waals surface area contributed by atoms with Crippen molar-refractivity contribution in [2.75, 3.05) is 0 Å². The largest absolute Gasteiger partial charge is 0.462 e. The second-order valence-corrected chi connectivity index (χ2v) is 11.9. The number of unbranched alkanes of at least 4 members (excludes halogenated alkanes) is 1. The van der Waals surface area contributed by atoms with Crippen LogP contribution in [0.1, 0.15) is 82.6 Å². The van der Waals surface area contributed by atoms with Crippen molar-refractivity contribution >= 4 is 0 Å². The quantitative estimate of drug-likeness (QED) is 0.187. The van der Waals surface area contributed by atoms with Crippen LogP contribution in [0.4, 0.5) is 13.2 Å². The average molecular weight is 559 g/mol. The summed E-state index contributed by atoms with van der Waals surface area (Å²) in [5, 5.41) is 0. The first-order valence-electron chi connectivity index (χ1n) is 15.3. The molecule has 0 atom stereocenters. The van der Waals surface area contributed by atoms with Crippen LogP contribution >= 0.6 is 0 Å². The van der Waals surface area contributed by atoms with E-state index in [1.54, 1.807) is 24.3 Å². The maximum Gasteiger partial charge on any atom is 0.201 e. The minimum Gasteiger partial charge on any atom is -0.462 e. The van der Waals surface area contributed by atoms with Gasteiger partial charge in [-0.3, -0.25) is 0 Å². The van der Waals surface area contributed by atoms with Gasteiger partial charge in [-0.2, -0.15) is 4.39 Å². The van der Waals surface area contributed by atoms with E-state index < -0.39 is 11.6 Å². The Bertz CT molecular complexity index is 1340. The van der Waals surface area contributed by atoms with E-state index >= 15 is 4.39 Å². The predicted octanol–water partition coefficient (Wildman–Crippen LogP) is 11.4. The number of ether oxygens (including phenoxy) is 1. The highest BCUT2D eigenvalue weighted by Crippen LogP contribution is 2.44. The summed E-state index contributed by atoms with van der Waals surface area (Å²) in [6.45, 7) is 5.99. The van der Waals surface area contributed by atoms with Crippen LogP contribution in [0.5, 0.6) is 5.75 Å². The highest BCUT2D eigenvalue weighted by molar-refractivity contribution is 5.71. The number of rotatable bonds is 9. The molecule has 0 aromatic heterocycles. The van der Waals surface area contributed by atoms with Gasteiger partial charge in [-0.25, -0.2) is 8.78 Å². The van der Waals surface area contributed by atoms with Crippen LogP contribution in [0.2, 0.25) is 0 Å². The van der Waals surface area contributed by atoms with E-state index in [1.807, 2.05) is 31.2 Å². The van der Waals surface area contributed by atoms with E-state index in [0.717, 1.165) is 54.2 Å². The van der Waals surface area contributed by atoms with Gasteiger partial charge in [0.1, 0.15) is 5.82 Å². The molecule has 0 spiro atoms. The summed E-state index contributed by atoms with van der Waals surface area (Å²) in [5.41, 5.74) is 3.14. The molecule has 0 amide bonds. The molecule has 4 heteroatoms. The van der Waals surface area contributed by atoms with Gasteiger partial charge in [-0.1, -0.05) is 55.8 Å². The SMILES string of the molecule is C=CC1CCC(C2CCC(c3ccc(-c4ccc(-c5ccc(O/C=C\CCC)c(F)c5F)cc4)cc3F)CC2)CC1. The van der Waals surface area contributed by atoms with E-state index in [-0.39, 0.29) is 23.0 Å². The van der Waals surface area contributed by atoms with E-state index in [0.29, 0.717) is 11.5 Å². The molecule has 0 saturated heterocycles. The van der Waals surface area contributed by atoms with Crippen LogP contribution < -0.4 is 4.74 Å². The topological polar surface area (TPSA) is 9.23 Å². The Morgan fingerprint density at radius 3 is 2.02 bits per heavy atom. The Balaban J connectivity index is 1.22. The first kappa shape index (κ1) is 29.2. The summed E-state index contributed by atoms with van der Waals surface area (Å²) < 4.78 is 50.1. The molecule has 2 saturated carbocycles. The second-order valence-electron chi connectivity index (χ2n) is 11.9. The van der Waals surface area contributed by atoms with Crippen LogP contribution in [0, 0.1) is 35.2 Å². The molecular formula is C37H41F3O. The number of benzene rings is 3. The highest BCUT2D eigenvalue weighted by Gasteiger charge is 2.31. The molecule has 3 aromatic rings. The van der Waals surface area contributed by atoms with Crippen molar-refractivity contribution in [3.63, 3.8) is 0 Å². The fourth-order valence-corrected chi connectivity index (χ4v) is 6.84. The van der Waals surface area contributed by atoms with Crippen molar-refractivity contribution in [2.24, 2.45) is 17.8 Å². The van der Waals surface area contributed by atoms with Gasteiger partial charge in [0.05, 0.1) is 6.26 Å². The Morgan fingerprint density at radius 2 is 1.39 bits per heavy atom. The van der Waals surface area contributed by atoms with Gasteiger partial charge in [0.2, 0.25) is 5.82 Å². The molecule has 2 fully saturated rings. The lowest BCUT2D eigenvalue weighted by Crippen LogP contribution is -2.25. The lowest BCUT2D eigenvalue weighted by atomic mass is 9.68. The van der Waals surface area contributed by atoms with Gasteiger partial charge < -0.3 is 4.74 Å². The first-order valence-corrected chi connectivity index (χ1v) is 15.3. The molecule has 41 heavy (non-hydrogen) atoms. The van der Waals surface area contributed by atoms with Crippen LogP contribution in [-0.4, -0.2) is 0 Å². The molecule has 0 N–H and O–H groups in total. The highest BCUT2D eigenvalue weighted by atomic mass is 19.2.